The Balaban J connectivity index is 1.45. The van der Waals surface area contributed by atoms with Crippen LogP contribution in [0.3, 0.4) is 0 Å². The lowest BCUT2D eigenvalue weighted by molar-refractivity contribution is -0.116. The fourth-order valence-corrected chi connectivity index (χ4v) is 3.29. The molecule has 0 aliphatic rings. The molecule has 0 spiro atoms. The molecule has 0 fully saturated rings. The van der Waals surface area contributed by atoms with Gasteiger partial charge in [0.15, 0.2) is 0 Å². The summed E-state index contributed by atoms with van der Waals surface area (Å²) in [6, 6.07) is 17.4. The summed E-state index contributed by atoms with van der Waals surface area (Å²) >= 11 is 0. The zero-order valence-corrected chi connectivity index (χ0v) is 16.4. The van der Waals surface area contributed by atoms with Crippen molar-refractivity contribution in [3.05, 3.63) is 78.2 Å². The topological polar surface area (TPSA) is 68.5 Å². The molecule has 0 radical (unpaired) electrons. The highest BCUT2D eigenvalue weighted by Gasteiger charge is 2.12. The van der Waals surface area contributed by atoms with E-state index in [0.29, 0.717) is 18.6 Å². The van der Waals surface area contributed by atoms with Crippen molar-refractivity contribution in [3.63, 3.8) is 0 Å². The van der Waals surface area contributed by atoms with Crippen LogP contribution >= 0.6 is 0 Å². The molecule has 6 nitrogen and oxygen atoms in total. The summed E-state index contributed by atoms with van der Waals surface area (Å²) in [6.45, 7) is 2.01. The Morgan fingerprint density at radius 1 is 1.14 bits per heavy atom. The molecular formula is C23H22N4O2. The number of carbonyl (C=O) groups is 1. The average Bonchev–Trinajstić information content (AvgIpc) is 3.10. The standard InChI is InChI=1S/C23H22N4O2/c1-16-22(26-23-24-13-4-14-27(16)23)18-5-3-6-19(15-18)25-21(28)12-9-17-7-10-20(29-2)11-8-17/h3-8,10-11,13-15H,9,12H2,1-2H3,(H,25,28). The fourth-order valence-electron chi connectivity index (χ4n) is 3.29. The predicted octanol–water partition coefficient (Wildman–Crippen LogP) is 4.28. The summed E-state index contributed by atoms with van der Waals surface area (Å²) in [6.07, 6.45) is 4.75. The van der Waals surface area contributed by atoms with Crippen LogP contribution in [-0.2, 0) is 11.2 Å². The maximum absolute atomic E-state index is 12.4. The van der Waals surface area contributed by atoms with Gasteiger partial charge in [-0.3, -0.25) is 9.20 Å². The van der Waals surface area contributed by atoms with E-state index < -0.39 is 0 Å². The third kappa shape index (κ3) is 4.11. The highest BCUT2D eigenvalue weighted by atomic mass is 16.5. The molecule has 1 N–H and O–H groups in total. The minimum absolute atomic E-state index is 0.0219. The molecule has 29 heavy (non-hydrogen) atoms. The van der Waals surface area contributed by atoms with Gasteiger partial charge in [-0.25, -0.2) is 9.97 Å². The van der Waals surface area contributed by atoms with Gasteiger partial charge in [-0.2, -0.15) is 0 Å². The Morgan fingerprint density at radius 2 is 1.97 bits per heavy atom. The van der Waals surface area contributed by atoms with Gasteiger partial charge in [0, 0.05) is 35.8 Å². The lowest BCUT2D eigenvalue weighted by Crippen LogP contribution is -2.12. The number of nitrogens with one attached hydrogen (secondary N) is 1. The number of methoxy groups -OCH3 is 1. The first-order valence-corrected chi connectivity index (χ1v) is 9.47. The number of ether oxygens (including phenoxy) is 1. The lowest BCUT2D eigenvalue weighted by atomic mass is 10.1. The third-order valence-electron chi connectivity index (χ3n) is 4.86. The highest BCUT2D eigenvalue weighted by Crippen LogP contribution is 2.25. The van der Waals surface area contributed by atoms with Crippen LogP contribution in [0.15, 0.2) is 67.0 Å². The minimum Gasteiger partial charge on any atom is -0.497 e. The number of hydrogen-bond donors (Lipinski definition) is 1. The Morgan fingerprint density at radius 3 is 2.72 bits per heavy atom. The second-order valence-corrected chi connectivity index (χ2v) is 6.81. The molecule has 0 saturated heterocycles. The van der Waals surface area contributed by atoms with Crippen molar-refractivity contribution < 1.29 is 9.53 Å². The lowest BCUT2D eigenvalue weighted by Gasteiger charge is -2.08. The Kier molecular flexibility index (Phi) is 5.24. The second kappa shape index (κ2) is 8.14. The van der Waals surface area contributed by atoms with Gasteiger partial charge in [-0.15, -0.1) is 0 Å². The normalized spacial score (nSPS) is 10.8. The molecule has 0 saturated carbocycles. The Labute approximate surface area is 169 Å². The fraction of sp³-hybridized carbons (Fsp3) is 0.174. The van der Waals surface area contributed by atoms with Gasteiger partial charge >= 0.3 is 0 Å². The number of carbonyl (C=O) groups excluding carboxylic acids is 1. The van der Waals surface area contributed by atoms with Crippen LogP contribution in [-0.4, -0.2) is 27.4 Å². The van der Waals surface area contributed by atoms with Crippen molar-refractivity contribution in [2.24, 2.45) is 0 Å². The van der Waals surface area contributed by atoms with E-state index in [0.717, 1.165) is 34.0 Å². The van der Waals surface area contributed by atoms with Crippen molar-refractivity contribution in [1.29, 1.82) is 0 Å². The van der Waals surface area contributed by atoms with Gasteiger partial charge in [0.05, 0.1) is 12.8 Å². The number of fused-ring (bicyclic) bond motifs is 1. The van der Waals surface area contributed by atoms with E-state index in [1.165, 1.54) is 0 Å². The molecule has 4 aromatic rings. The molecule has 0 bridgehead atoms. The molecule has 0 aliphatic carbocycles. The van der Waals surface area contributed by atoms with Gasteiger partial charge in [0.2, 0.25) is 11.7 Å². The summed E-state index contributed by atoms with van der Waals surface area (Å²) in [5.74, 6) is 1.45. The van der Waals surface area contributed by atoms with E-state index in [1.54, 1.807) is 13.3 Å². The van der Waals surface area contributed by atoms with Crippen LogP contribution in [0.5, 0.6) is 5.75 Å². The first kappa shape index (κ1) is 18.7. The van der Waals surface area contributed by atoms with Crippen LogP contribution in [0.2, 0.25) is 0 Å². The van der Waals surface area contributed by atoms with Crippen molar-refractivity contribution in [2.75, 3.05) is 12.4 Å². The number of nitrogens with zero attached hydrogens (tertiary/aromatic N) is 3. The Bertz CT molecular complexity index is 1150. The van der Waals surface area contributed by atoms with Crippen molar-refractivity contribution in [3.8, 4) is 17.0 Å². The van der Waals surface area contributed by atoms with E-state index in [1.807, 2.05) is 72.1 Å². The molecule has 0 aliphatic heterocycles. The number of hydrogen-bond acceptors (Lipinski definition) is 4. The van der Waals surface area contributed by atoms with E-state index in [4.69, 9.17) is 4.74 Å². The largest absolute Gasteiger partial charge is 0.497 e. The van der Waals surface area contributed by atoms with E-state index in [-0.39, 0.29) is 5.91 Å². The summed E-state index contributed by atoms with van der Waals surface area (Å²) in [5.41, 5.74) is 4.67. The van der Waals surface area contributed by atoms with Gasteiger partial charge in [-0.1, -0.05) is 24.3 Å². The minimum atomic E-state index is -0.0219. The van der Waals surface area contributed by atoms with Crippen molar-refractivity contribution >= 4 is 17.4 Å². The first-order chi connectivity index (χ1) is 14.1. The van der Waals surface area contributed by atoms with E-state index in [2.05, 4.69) is 15.3 Å². The molecule has 0 atom stereocenters. The summed E-state index contributed by atoms with van der Waals surface area (Å²) < 4.78 is 7.11. The molecule has 1 amide bonds. The maximum atomic E-state index is 12.4. The predicted molar refractivity (Wildman–Crippen MR) is 113 cm³/mol. The smallest absolute Gasteiger partial charge is 0.234 e. The second-order valence-electron chi connectivity index (χ2n) is 6.81. The van der Waals surface area contributed by atoms with Gasteiger partial charge in [0.1, 0.15) is 5.75 Å². The number of benzene rings is 2. The van der Waals surface area contributed by atoms with E-state index >= 15 is 0 Å². The highest BCUT2D eigenvalue weighted by molar-refractivity contribution is 5.91. The summed E-state index contributed by atoms with van der Waals surface area (Å²) in [4.78, 5) is 21.3. The third-order valence-corrected chi connectivity index (χ3v) is 4.86. The average molecular weight is 386 g/mol. The number of imidazole rings is 1. The van der Waals surface area contributed by atoms with Crippen LogP contribution in [0.4, 0.5) is 5.69 Å². The Hall–Kier alpha value is -3.67. The van der Waals surface area contributed by atoms with Crippen LogP contribution in [0.25, 0.3) is 17.0 Å². The monoisotopic (exact) mass is 386 g/mol. The van der Waals surface area contributed by atoms with Crippen molar-refractivity contribution in [1.82, 2.24) is 14.4 Å². The number of aromatic nitrogens is 3. The zero-order chi connectivity index (χ0) is 20.2. The van der Waals surface area contributed by atoms with Crippen molar-refractivity contribution in [2.45, 2.75) is 19.8 Å². The SMILES string of the molecule is COc1ccc(CCC(=O)Nc2cccc(-c3nc4ncccn4c3C)c2)cc1. The molecule has 2 heterocycles. The molecular weight excluding hydrogens is 364 g/mol. The molecule has 0 unspecified atom stereocenters. The molecule has 2 aromatic heterocycles. The van der Waals surface area contributed by atoms with Gasteiger partial charge in [-0.05, 0) is 49.2 Å². The molecule has 2 aromatic carbocycles. The van der Waals surface area contributed by atoms with Gasteiger partial charge in [0.25, 0.3) is 0 Å². The molecule has 4 rings (SSSR count). The van der Waals surface area contributed by atoms with Crippen LogP contribution < -0.4 is 10.1 Å². The number of rotatable bonds is 6. The van der Waals surface area contributed by atoms with Crippen LogP contribution in [0, 0.1) is 6.92 Å². The number of anilines is 1. The summed E-state index contributed by atoms with van der Waals surface area (Å²) in [5, 5.41) is 2.98. The quantitative estimate of drug-likeness (QED) is 0.537. The van der Waals surface area contributed by atoms with E-state index in [9.17, 15) is 4.79 Å². The number of aryl methyl sites for hydroxylation is 2. The first-order valence-electron chi connectivity index (χ1n) is 9.47. The zero-order valence-electron chi connectivity index (χ0n) is 16.4. The number of amides is 1. The van der Waals surface area contributed by atoms with Gasteiger partial charge < -0.3 is 10.1 Å². The van der Waals surface area contributed by atoms with Crippen LogP contribution in [0.1, 0.15) is 17.7 Å². The maximum Gasteiger partial charge on any atom is 0.234 e. The summed E-state index contributed by atoms with van der Waals surface area (Å²) in [7, 11) is 1.64. The molecule has 146 valence electrons. The molecule has 6 heteroatoms.